The molecule has 0 aliphatic carbocycles. The van der Waals surface area contributed by atoms with Crippen molar-refractivity contribution >= 4 is 17.8 Å². The van der Waals surface area contributed by atoms with Crippen LogP contribution in [0.15, 0.2) is 85.1 Å². The summed E-state index contributed by atoms with van der Waals surface area (Å²) in [7, 11) is 0. The first-order valence-corrected chi connectivity index (χ1v) is 24.5. The first kappa shape index (κ1) is 61.3. The third-order valence-electron chi connectivity index (χ3n) is 12.8. The summed E-state index contributed by atoms with van der Waals surface area (Å²) in [6.07, 6.45) is 3.38. The molecule has 13 N–H and O–H groups in total. The van der Waals surface area contributed by atoms with E-state index < -0.39 is 153 Å². The van der Waals surface area contributed by atoms with Gasteiger partial charge in [-0.15, -0.1) is 0 Å². The number of cyclic esters (lactones) is 1. The summed E-state index contributed by atoms with van der Waals surface area (Å²) in [5.74, 6) is -6.94. The molecule has 0 aromatic carbocycles. The number of aliphatic hydroxyl groups excluding tert-OH is 9. The Bertz CT molecular complexity index is 1840. The number of aliphatic hydroxyl groups is 10. The Hall–Kier alpha value is -3.97. The lowest BCUT2D eigenvalue weighted by Crippen LogP contribution is -2.62. The Morgan fingerprint density at radius 1 is 0.704 bits per heavy atom. The van der Waals surface area contributed by atoms with Crippen molar-refractivity contribution < 1.29 is 89.1 Å². The molecular weight excluding hydrogens is 929 g/mol. The second kappa shape index (κ2) is 30.9. The molecule has 3 rings (SSSR count). The first-order chi connectivity index (χ1) is 33.5. The number of carbonyl (C=O) groups excluding carboxylic acids is 3. The highest BCUT2D eigenvalue weighted by molar-refractivity contribution is 5.84. The lowest BCUT2D eigenvalue weighted by molar-refractivity contribution is -0.308. The summed E-state index contributed by atoms with van der Waals surface area (Å²) >= 11 is 0. The summed E-state index contributed by atoms with van der Waals surface area (Å²) in [4.78, 5) is 38.6. The van der Waals surface area contributed by atoms with Crippen LogP contribution in [0, 0.1) is 17.8 Å². The molecule has 0 radical (unpaired) electrons. The number of nitrogens with two attached hydrogens (primary N) is 1. The number of esters is 2. The monoisotopic (exact) mass is 1010 g/mol. The van der Waals surface area contributed by atoms with Crippen LogP contribution < -0.4 is 11.1 Å². The maximum absolute atomic E-state index is 13.7. The standard InChI is InChI=1S/C51H80N2O18/c1-6-67-43(61)29-53-49(65)44-40(59)28-51(66)27-39(58)38(57)22-21-34(54)23-35(55)24-36(56)25-42(60)68-32(4)31(3)46(62)30(2)19-17-15-13-11-9-7-8-10-12-14-16-18-20-37(26-41(44)71-51)70-50-48(64)45(52)47(63)33(5)69-50/h7-20,30-41,44-48,50,54-59,62-64,66H,6,21-29,52H2,1-5H3,(H,53,65)/b8-7+,11-9+,12-10+,15-13+,16-14+,19-17+,20-18+/t30-,31-,32-,33+,34+,35+,36+,37-,38+,39+,40-,41-,44+,45-,46+,47+,48-,50-,51+/m0/s1. The van der Waals surface area contributed by atoms with Gasteiger partial charge in [-0.3, -0.25) is 14.4 Å². The largest absolute Gasteiger partial charge is 0.465 e. The molecule has 1 amide bonds. The van der Waals surface area contributed by atoms with Crippen molar-refractivity contribution in [1.82, 2.24) is 5.32 Å². The van der Waals surface area contributed by atoms with Gasteiger partial charge in [-0.25, -0.2) is 0 Å². The molecular formula is C51H80N2O18. The third-order valence-corrected chi connectivity index (χ3v) is 12.8. The lowest BCUT2D eigenvalue weighted by atomic mass is 9.82. The van der Waals surface area contributed by atoms with E-state index in [0.29, 0.717) is 0 Å². The van der Waals surface area contributed by atoms with Crippen LogP contribution in [0.2, 0.25) is 0 Å². The van der Waals surface area contributed by atoms with Crippen LogP contribution in [0.25, 0.3) is 0 Å². The van der Waals surface area contributed by atoms with E-state index in [-0.39, 0.29) is 44.6 Å². The molecule has 3 heterocycles. The van der Waals surface area contributed by atoms with E-state index in [1.54, 1.807) is 93.7 Å². The van der Waals surface area contributed by atoms with Crippen molar-refractivity contribution in [3.05, 3.63) is 85.1 Å². The Morgan fingerprint density at radius 3 is 1.87 bits per heavy atom. The van der Waals surface area contributed by atoms with E-state index in [1.807, 2.05) is 13.0 Å². The Morgan fingerprint density at radius 2 is 1.27 bits per heavy atom. The van der Waals surface area contributed by atoms with Crippen LogP contribution in [-0.2, 0) is 38.1 Å². The molecule has 0 aromatic rings. The lowest BCUT2D eigenvalue weighted by Gasteiger charge is -2.46. The molecule has 3 aliphatic rings. The number of fused-ring (bicyclic) bond motifs is 2. The fourth-order valence-corrected chi connectivity index (χ4v) is 8.46. The summed E-state index contributed by atoms with van der Waals surface area (Å²) in [5, 5.41) is 112. The van der Waals surface area contributed by atoms with E-state index in [1.165, 1.54) is 13.0 Å². The Labute approximate surface area is 416 Å². The number of carbonyl (C=O) groups is 3. The van der Waals surface area contributed by atoms with E-state index in [2.05, 4.69) is 5.32 Å². The molecule has 20 nitrogen and oxygen atoms in total. The number of rotatable bonds is 6. The van der Waals surface area contributed by atoms with Crippen molar-refractivity contribution in [2.24, 2.45) is 23.5 Å². The minimum absolute atomic E-state index is 0.0404. The topological polar surface area (TPSA) is 338 Å². The Kier molecular flexibility index (Phi) is 26.7. The maximum atomic E-state index is 13.7. The molecule has 19 atom stereocenters. The predicted octanol–water partition coefficient (Wildman–Crippen LogP) is 0.306. The molecule has 2 fully saturated rings. The minimum atomic E-state index is -2.38. The zero-order valence-electron chi connectivity index (χ0n) is 41.4. The Balaban J connectivity index is 1.94. The van der Waals surface area contributed by atoms with Crippen molar-refractivity contribution in [3.63, 3.8) is 0 Å². The van der Waals surface area contributed by atoms with Crippen molar-refractivity contribution in [1.29, 1.82) is 0 Å². The molecule has 402 valence electrons. The highest BCUT2D eigenvalue weighted by Gasteiger charge is 2.51. The molecule has 2 bridgehead atoms. The van der Waals surface area contributed by atoms with Crippen LogP contribution in [0.1, 0.15) is 86.0 Å². The van der Waals surface area contributed by atoms with Gasteiger partial charge in [0.2, 0.25) is 5.91 Å². The maximum Gasteiger partial charge on any atom is 0.325 e. The van der Waals surface area contributed by atoms with Gasteiger partial charge in [-0.05, 0) is 46.5 Å². The molecule has 0 aromatic heterocycles. The summed E-state index contributed by atoms with van der Waals surface area (Å²) in [5.41, 5.74) is 6.08. The van der Waals surface area contributed by atoms with Gasteiger partial charge >= 0.3 is 11.9 Å². The number of hydrogen-bond acceptors (Lipinski definition) is 19. The smallest absolute Gasteiger partial charge is 0.325 e. The summed E-state index contributed by atoms with van der Waals surface area (Å²) < 4.78 is 28.5. The van der Waals surface area contributed by atoms with Gasteiger partial charge in [0, 0.05) is 31.1 Å². The van der Waals surface area contributed by atoms with Crippen molar-refractivity contribution in [3.8, 4) is 0 Å². The first-order valence-electron chi connectivity index (χ1n) is 24.5. The zero-order valence-corrected chi connectivity index (χ0v) is 41.4. The van der Waals surface area contributed by atoms with Gasteiger partial charge < -0.3 is 85.8 Å². The van der Waals surface area contributed by atoms with Gasteiger partial charge in [0.15, 0.2) is 12.1 Å². The third kappa shape index (κ3) is 21.2. The van der Waals surface area contributed by atoms with Gasteiger partial charge in [0.25, 0.3) is 0 Å². The van der Waals surface area contributed by atoms with E-state index >= 15 is 0 Å². The molecule has 0 saturated carbocycles. The van der Waals surface area contributed by atoms with Crippen LogP contribution in [-0.4, -0.2) is 180 Å². The molecule has 71 heavy (non-hydrogen) atoms. The van der Waals surface area contributed by atoms with Gasteiger partial charge in [0.05, 0.1) is 92.1 Å². The average Bonchev–Trinajstić information content (AvgIpc) is 3.29. The predicted molar refractivity (Wildman–Crippen MR) is 259 cm³/mol. The quantitative estimate of drug-likeness (QED) is 0.159. The van der Waals surface area contributed by atoms with Crippen LogP contribution in [0.4, 0.5) is 0 Å². The number of allylic oxidation sites excluding steroid dienone is 12. The van der Waals surface area contributed by atoms with Crippen molar-refractivity contribution in [2.75, 3.05) is 13.2 Å². The van der Waals surface area contributed by atoms with E-state index in [9.17, 15) is 65.4 Å². The summed E-state index contributed by atoms with van der Waals surface area (Å²) in [6, 6.07) is -1.17. The van der Waals surface area contributed by atoms with Gasteiger partial charge in [-0.2, -0.15) is 0 Å². The molecule has 0 unspecified atom stereocenters. The second-order valence-electron chi connectivity index (χ2n) is 18.8. The fourth-order valence-electron chi connectivity index (χ4n) is 8.46. The van der Waals surface area contributed by atoms with Crippen LogP contribution >= 0.6 is 0 Å². The molecule has 0 spiro atoms. The highest BCUT2D eigenvalue weighted by Crippen LogP contribution is 2.38. The fraction of sp³-hybridized carbons (Fsp3) is 0.667. The van der Waals surface area contributed by atoms with Crippen LogP contribution in [0.3, 0.4) is 0 Å². The average molecular weight is 1010 g/mol. The number of amides is 1. The zero-order chi connectivity index (χ0) is 52.8. The van der Waals surface area contributed by atoms with Crippen molar-refractivity contribution in [2.45, 2.75) is 183 Å². The molecule has 3 aliphatic heterocycles. The highest BCUT2D eigenvalue weighted by atomic mass is 16.7. The minimum Gasteiger partial charge on any atom is -0.465 e. The number of nitrogens with one attached hydrogen (secondary N) is 1. The normalized spacial score (nSPS) is 42.5. The molecule has 20 heteroatoms. The SMILES string of the molecule is CCOC(=O)CNC(=O)[C@H]1[C@@H]2C[C@@H](O[C@@H]3O[C@H](C)[C@@H](O)[C@H](N)[C@@H]3O)/C=C/C=C/C=C/C=C/C=C/C=C/C=C/[C@H](C)[C@@H](O)[C@@H](C)[C@H](C)OC(=O)C[C@H](O)C[C@H](O)C[C@H](O)CC[C@@H](O)[C@H](O)C[C@](O)(C[C@@H]1O)O2. The second-order valence-corrected chi connectivity index (χ2v) is 18.8. The van der Waals surface area contributed by atoms with Crippen LogP contribution in [0.5, 0.6) is 0 Å². The molecule has 2 saturated heterocycles. The van der Waals surface area contributed by atoms with E-state index in [4.69, 9.17) is 29.4 Å². The summed E-state index contributed by atoms with van der Waals surface area (Å²) in [6.45, 7) is 7.80. The van der Waals surface area contributed by atoms with Gasteiger partial charge in [-0.1, -0.05) is 98.9 Å². The van der Waals surface area contributed by atoms with E-state index in [0.717, 1.165) is 0 Å². The van der Waals surface area contributed by atoms with Gasteiger partial charge in [0.1, 0.15) is 18.8 Å². The number of ether oxygens (including phenoxy) is 5. The number of hydrogen-bond donors (Lipinski definition) is 12.